The van der Waals surface area contributed by atoms with Gasteiger partial charge in [-0.3, -0.25) is 9.69 Å². The van der Waals surface area contributed by atoms with Crippen LogP contribution in [-0.4, -0.2) is 23.9 Å². The Bertz CT molecular complexity index is 741. The molecule has 2 aromatic carbocycles. The van der Waals surface area contributed by atoms with Gasteiger partial charge in [0, 0.05) is 17.5 Å². The number of carbonyl (C=O) groups excluding carboxylic acids is 1. The topological polar surface area (TPSA) is 32.3 Å². The maximum atomic E-state index is 13.6. The smallest absolute Gasteiger partial charge is 0.227 e. The number of amides is 1. The van der Waals surface area contributed by atoms with Crippen LogP contribution in [0, 0.1) is 17.6 Å². The predicted molar refractivity (Wildman–Crippen MR) is 94.4 cm³/mol. The first-order chi connectivity index (χ1) is 12.0. The number of anilines is 1. The van der Waals surface area contributed by atoms with E-state index in [2.05, 4.69) is 10.2 Å². The molecule has 2 aromatic rings. The van der Waals surface area contributed by atoms with Gasteiger partial charge in [-0.05, 0) is 55.8 Å². The standard InChI is InChI=1S/C19H19ClF2N2O/c20-15-4-1-3-13(11-15)12-24-9-7-14(8-10-24)19(25)23-18-16(21)5-2-6-17(18)22/h1-6,11,14H,7-10,12H2,(H,23,25). The number of halogens is 3. The summed E-state index contributed by atoms with van der Waals surface area (Å²) in [5, 5.41) is 3.10. The number of rotatable bonds is 4. The molecule has 132 valence electrons. The van der Waals surface area contributed by atoms with Gasteiger partial charge in [0.05, 0.1) is 0 Å². The molecule has 0 saturated carbocycles. The number of benzene rings is 2. The van der Waals surface area contributed by atoms with Crippen molar-refractivity contribution in [3.63, 3.8) is 0 Å². The summed E-state index contributed by atoms with van der Waals surface area (Å²) in [4.78, 5) is 14.6. The summed E-state index contributed by atoms with van der Waals surface area (Å²) < 4.78 is 27.3. The van der Waals surface area contributed by atoms with E-state index in [9.17, 15) is 13.6 Å². The maximum Gasteiger partial charge on any atom is 0.227 e. The van der Waals surface area contributed by atoms with Crippen LogP contribution >= 0.6 is 11.6 Å². The number of hydrogen-bond donors (Lipinski definition) is 1. The average molecular weight is 365 g/mol. The van der Waals surface area contributed by atoms with Crippen molar-refractivity contribution in [2.24, 2.45) is 5.92 Å². The Morgan fingerprint density at radius 3 is 2.40 bits per heavy atom. The molecule has 1 heterocycles. The van der Waals surface area contributed by atoms with E-state index in [1.54, 1.807) is 0 Å². The summed E-state index contributed by atoms with van der Waals surface area (Å²) in [6.07, 6.45) is 1.31. The Hall–Kier alpha value is -1.98. The molecule has 6 heteroatoms. The van der Waals surface area contributed by atoms with Gasteiger partial charge >= 0.3 is 0 Å². The average Bonchev–Trinajstić information content (AvgIpc) is 2.59. The molecule has 1 N–H and O–H groups in total. The molecule has 0 unspecified atom stereocenters. The molecule has 0 aromatic heterocycles. The van der Waals surface area contributed by atoms with Gasteiger partial charge in [0.2, 0.25) is 5.91 Å². The van der Waals surface area contributed by atoms with Crippen molar-refractivity contribution in [1.29, 1.82) is 0 Å². The Labute approximate surface area is 150 Å². The highest BCUT2D eigenvalue weighted by Gasteiger charge is 2.26. The first-order valence-corrected chi connectivity index (χ1v) is 8.62. The van der Waals surface area contributed by atoms with E-state index in [4.69, 9.17) is 11.6 Å². The summed E-state index contributed by atoms with van der Waals surface area (Å²) in [5.74, 6) is -2.08. The first kappa shape index (κ1) is 17.8. The van der Waals surface area contributed by atoms with Crippen molar-refractivity contribution in [3.05, 3.63) is 64.7 Å². The number of hydrogen-bond acceptors (Lipinski definition) is 2. The molecule has 1 aliphatic rings. The van der Waals surface area contributed by atoms with Crippen LogP contribution in [0.3, 0.4) is 0 Å². The highest BCUT2D eigenvalue weighted by molar-refractivity contribution is 6.30. The van der Waals surface area contributed by atoms with Crippen LogP contribution in [0.4, 0.5) is 14.5 Å². The van der Waals surface area contributed by atoms with Gasteiger partial charge < -0.3 is 5.32 Å². The summed E-state index contributed by atoms with van der Waals surface area (Å²) in [7, 11) is 0. The van der Waals surface area contributed by atoms with Gasteiger partial charge in [-0.2, -0.15) is 0 Å². The lowest BCUT2D eigenvalue weighted by atomic mass is 9.95. The number of nitrogens with zero attached hydrogens (tertiary/aromatic N) is 1. The number of piperidine rings is 1. The number of likely N-dealkylation sites (tertiary alicyclic amines) is 1. The van der Waals surface area contributed by atoms with Crippen molar-refractivity contribution in [1.82, 2.24) is 4.90 Å². The van der Waals surface area contributed by atoms with Crippen LogP contribution in [0.15, 0.2) is 42.5 Å². The fourth-order valence-corrected chi connectivity index (χ4v) is 3.30. The summed E-state index contributed by atoms with van der Waals surface area (Å²) in [6, 6.07) is 11.2. The van der Waals surface area contributed by atoms with Crippen LogP contribution in [0.1, 0.15) is 18.4 Å². The van der Waals surface area contributed by atoms with Crippen molar-refractivity contribution in [3.8, 4) is 0 Å². The number of para-hydroxylation sites is 1. The Kier molecular flexibility index (Phi) is 5.66. The molecule has 1 amide bonds. The quantitative estimate of drug-likeness (QED) is 0.868. The second-order valence-corrected chi connectivity index (χ2v) is 6.70. The monoisotopic (exact) mass is 364 g/mol. The highest BCUT2D eigenvalue weighted by Crippen LogP contribution is 2.24. The molecule has 0 radical (unpaired) electrons. The van der Waals surface area contributed by atoms with E-state index in [0.717, 1.165) is 37.3 Å². The lowest BCUT2D eigenvalue weighted by Crippen LogP contribution is -2.38. The summed E-state index contributed by atoms with van der Waals surface area (Å²) in [5.41, 5.74) is 0.762. The molecule has 0 atom stereocenters. The first-order valence-electron chi connectivity index (χ1n) is 8.24. The van der Waals surface area contributed by atoms with E-state index in [1.165, 1.54) is 6.07 Å². The fraction of sp³-hybridized carbons (Fsp3) is 0.316. The van der Waals surface area contributed by atoms with Gasteiger partial charge in [0.25, 0.3) is 0 Å². The zero-order valence-corrected chi connectivity index (χ0v) is 14.4. The van der Waals surface area contributed by atoms with Gasteiger partial charge in [-0.25, -0.2) is 8.78 Å². The number of carbonyl (C=O) groups is 1. The largest absolute Gasteiger partial charge is 0.321 e. The van der Waals surface area contributed by atoms with E-state index < -0.39 is 11.6 Å². The lowest BCUT2D eigenvalue weighted by Gasteiger charge is -2.31. The highest BCUT2D eigenvalue weighted by atomic mass is 35.5. The van der Waals surface area contributed by atoms with Crippen molar-refractivity contribution in [2.75, 3.05) is 18.4 Å². The molecule has 0 aliphatic carbocycles. The Morgan fingerprint density at radius 1 is 1.12 bits per heavy atom. The summed E-state index contributed by atoms with van der Waals surface area (Å²) in [6.45, 7) is 2.28. The van der Waals surface area contributed by atoms with E-state index in [-0.39, 0.29) is 17.5 Å². The molecule has 3 rings (SSSR count). The molecule has 0 bridgehead atoms. The summed E-state index contributed by atoms with van der Waals surface area (Å²) >= 11 is 6.00. The normalized spacial score (nSPS) is 16.0. The minimum atomic E-state index is -0.758. The molecule has 1 saturated heterocycles. The molecular formula is C19H19ClF2N2O. The third kappa shape index (κ3) is 4.55. The SMILES string of the molecule is O=C(Nc1c(F)cccc1F)C1CCN(Cc2cccc(Cl)c2)CC1. The zero-order valence-electron chi connectivity index (χ0n) is 13.6. The molecular weight excluding hydrogens is 346 g/mol. The second kappa shape index (κ2) is 7.93. The van der Waals surface area contributed by atoms with Crippen LogP contribution in [0.25, 0.3) is 0 Å². The zero-order chi connectivity index (χ0) is 17.8. The van der Waals surface area contributed by atoms with Crippen LogP contribution in [0.5, 0.6) is 0 Å². The van der Waals surface area contributed by atoms with Gasteiger partial charge in [-0.15, -0.1) is 0 Å². The van der Waals surface area contributed by atoms with E-state index in [0.29, 0.717) is 17.9 Å². The Morgan fingerprint density at radius 2 is 1.76 bits per heavy atom. The van der Waals surface area contributed by atoms with E-state index >= 15 is 0 Å². The minimum absolute atomic E-state index is 0.241. The maximum absolute atomic E-state index is 13.6. The number of nitrogens with one attached hydrogen (secondary N) is 1. The molecule has 3 nitrogen and oxygen atoms in total. The van der Waals surface area contributed by atoms with Crippen molar-refractivity contribution < 1.29 is 13.6 Å². The molecule has 1 aliphatic heterocycles. The van der Waals surface area contributed by atoms with Crippen LogP contribution in [-0.2, 0) is 11.3 Å². The second-order valence-electron chi connectivity index (χ2n) is 6.27. The molecule has 0 spiro atoms. The third-order valence-electron chi connectivity index (χ3n) is 4.46. The third-order valence-corrected chi connectivity index (χ3v) is 4.70. The minimum Gasteiger partial charge on any atom is -0.321 e. The van der Waals surface area contributed by atoms with Crippen LogP contribution < -0.4 is 5.32 Å². The fourth-order valence-electron chi connectivity index (χ4n) is 3.09. The van der Waals surface area contributed by atoms with Gasteiger partial charge in [0.15, 0.2) is 0 Å². The Balaban J connectivity index is 1.54. The van der Waals surface area contributed by atoms with Crippen molar-refractivity contribution in [2.45, 2.75) is 19.4 Å². The molecule has 1 fully saturated rings. The van der Waals surface area contributed by atoms with Crippen LogP contribution in [0.2, 0.25) is 5.02 Å². The van der Waals surface area contributed by atoms with Gasteiger partial charge in [0.1, 0.15) is 17.3 Å². The van der Waals surface area contributed by atoms with Gasteiger partial charge in [-0.1, -0.05) is 29.8 Å². The predicted octanol–water partition coefficient (Wildman–Crippen LogP) is 4.47. The lowest BCUT2D eigenvalue weighted by molar-refractivity contribution is -0.121. The van der Waals surface area contributed by atoms with Crippen molar-refractivity contribution >= 4 is 23.2 Å². The molecule has 25 heavy (non-hydrogen) atoms. The van der Waals surface area contributed by atoms with E-state index in [1.807, 2.05) is 24.3 Å².